The lowest BCUT2D eigenvalue weighted by Crippen LogP contribution is -2.41. The first-order valence-electron chi connectivity index (χ1n) is 8.64. The Morgan fingerprint density at radius 1 is 1.31 bits per heavy atom. The predicted octanol–water partition coefficient (Wildman–Crippen LogP) is 3.22. The molecule has 0 bridgehead atoms. The maximum absolute atomic E-state index is 13.0. The summed E-state index contributed by atoms with van der Waals surface area (Å²) in [5, 5.41) is 3.20. The molecule has 1 fully saturated rings. The van der Waals surface area contributed by atoms with E-state index in [4.69, 9.17) is 0 Å². The van der Waals surface area contributed by atoms with Crippen molar-refractivity contribution in [3.8, 4) is 0 Å². The van der Waals surface area contributed by atoms with Crippen molar-refractivity contribution in [1.29, 1.82) is 0 Å². The van der Waals surface area contributed by atoms with Crippen LogP contribution in [0.5, 0.6) is 0 Å². The van der Waals surface area contributed by atoms with Crippen LogP contribution in [0.2, 0.25) is 0 Å². The van der Waals surface area contributed by atoms with Gasteiger partial charge in [0, 0.05) is 36.7 Å². The molecule has 144 valence electrons. The van der Waals surface area contributed by atoms with E-state index in [1.54, 1.807) is 0 Å². The van der Waals surface area contributed by atoms with Crippen LogP contribution in [0, 0.1) is 13.8 Å². The average Bonchev–Trinajstić information content (AvgIpc) is 3.15. The van der Waals surface area contributed by atoms with Crippen LogP contribution in [0.3, 0.4) is 0 Å². The number of nitrogens with zero attached hydrogens (tertiary/aromatic N) is 3. The summed E-state index contributed by atoms with van der Waals surface area (Å²) in [4.78, 5) is 19.5. The molecule has 1 aliphatic heterocycles. The van der Waals surface area contributed by atoms with Gasteiger partial charge in [-0.25, -0.2) is 0 Å². The molecule has 0 saturated carbocycles. The zero-order chi connectivity index (χ0) is 17.1. The van der Waals surface area contributed by atoms with E-state index >= 15 is 0 Å². The minimum absolute atomic E-state index is 0. The number of hydrogen-bond acceptors (Lipinski definition) is 3. The highest BCUT2D eigenvalue weighted by molar-refractivity contribution is 5.96. The molecule has 1 atom stereocenters. The Hall–Kier alpha value is -1.56. The first-order chi connectivity index (χ1) is 11.6. The molecule has 0 aliphatic carbocycles. The molecule has 0 aromatic carbocycles. The number of likely N-dealkylation sites (N-methyl/N-ethyl adjacent to an activating group) is 1. The molecule has 2 aromatic rings. The van der Waals surface area contributed by atoms with Gasteiger partial charge in [-0.2, -0.15) is 0 Å². The number of rotatable bonds is 5. The lowest BCUT2D eigenvalue weighted by Gasteiger charge is -2.24. The van der Waals surface area contributed by atoms with Gasteiger partial charge in [0.1, 0.15) is 0 Å². The molecule has 0 radical (unpaired) electrons. The average molecular weight is 399 g/mol. The quantitative estimate of drug-likeness (QED) is 0.840. The van der Waals surface area contributed by atoms with Crippen molar-refractivity contribution in [3.05, 3.63) is 53.1 Å². The van der Waals surface area contributed by atoms with Gasteiger partial charge in [0.25, 0.3) is 5.91 Å². The second kappa shape index (κ2) is 9.95. The number of hydrogen-bond donors (Lipinski definition) is 1. The van der Waals surface area contributed by atoms with Crippen LogP contribution in [0.25, 0.3) is 0 Å². The van der Waals surface area contributed by atoms with E-state index < -0.39 is 0 Å². The van der Waals surface area contributed by atoms with Gasteiger partial charge >= 0.3 is 0 Å². The number of carbonyl (C=O) groups excluding carboxylic acids is 1. The summed E-state index contributed by atoms with van der Waals surface area (Å²) in [7, 11) is 1.94. The number of halogens is 2. The van der Waals surface area contributed by atoms with E-state index in [-0.39, 0.29) is 30.7 Å². The van der Waals surface area contributed by atoms with Crippen molar-refractivity contribution in [1.82, 2.24) is 19.8 Å². The Labute approximate surface area is 168 Å². The molecule has 0 spiro atoms. The minimum Gasteiger partial charge on any atom is -0.342 e. The van der Waals surface area contributed by atoms with Gasteiger partial charge in [-0.15, -0.1) is 24.8 Å². The number of carbonyl (C=O) groups is 1. The van der Waals surface area contributed by atoms with Gasteiger partial charge in [-0.1, -0.05) is 6.07 Å². The van der Waals surface area contributed by atoms with Crippen molar-refractivity contribution in [3.63, 3.8) is 0 Å². The third-order valence-corrected chi connectivity index (χ3v) is 4.93. The lowest BCUT2D eigenvalue weighted by molar-refractivity contribution is 0.0736. The number of likely N-dealkylation sites (tertiary alicyclic amines) is 1. The maximum atomic E-state index is 13.0. The lowest BCUT2D eigenvalue weighted by atomic mass is 10.2. The molecule has 5 nitrogen and oxygen atoms in total. The Morgan fingerprint density at radius 2 is 2.08 bits per heavy atom. The number of nitrogens with one attached hydrogen (secondary N) is 1. The summed E-state index contributed by atoms with van der Waals surface area (Å²) in [5.41, 5.74) is 3.96. The molecular weight excluding hydrogens is 371 g/mol. The van der Waals surface area contributed by atoms with E-state index in [0.717, 1.165) is 48.6 Å². The largest absolute Gasteiger partial charge is 0.342 e. The van der Waals surface area contributed by atoms with Crippen LogP contribution in [-0.4, -0.2) is 46.5 Å². The van der Waals surface area contributed by atoms with Crippen LogP contribution in [0.15, 0.2) is 30.5 Å². The van der Waals surface area contributed by atoms with Crippen LogP contribution in [0.1, 0.15) is 40.3 Å². The third kappa shape index (κ3) is 4.58. The molecule has 1 amide bonds. The fourth-order valence-electron chi connectivity index (χ4n) is 3.62. The SMILES string of the molecule is CNCC1CCCN1C(=O)c1cc(C)n(Cc2ccccn2)c1C.Cl.Cl. The zero-order valence-corrected chi connectivity index (χ0v) is 17.2. The van der Waals surface area contributed by atoms with E-state index in [2.05, 4.69) is 21.8 Å². The summed E-state index contributed by atoms with van der Waals surface area (Å²) in [6, 6.07) is 8.26. The highest BCUT2D eigenvalue weighted by Gasteiger charge is 2.30. The molecule has 1 unspecified atom stereocenters. The maximum Gasteiger partial charge on any atom is 0.255 e. The molecule has 1 N–H and O–H groups in total. The summed E-state index contributed by atoms with van der Waals surface area (Å²) in [6.45, 7) is 6.51. The molecular formula is C19H28Cl2N4O. The molecule has 3 rings (SSSR count). The first-order valence-corrected chi connectivity index (χ1v) is 8.64. The smallest absolute Gasteiger partial charge is 0.255 e. The van der Waals surface area contributed by atoms with Crippen molar-refractivity contribution in [2.45, 2.75) is 39.3 Å². The fourth-order valence-corrected chi connectivity index (χ4v) is 3.62. The Kier molecular flexibility index (Phi) is 8.60. The van der Waals surface area contributed by atoms with Crippen molar-refractivity contribution in [2.24, 2.45) is 0 Å². The van der Waals surface area contributed by atoms with Gasteiger partial charge in [-0.3, -0.25) is 9.78 Å². The van der Waals surface area contributed by atoms with Crippen LogP contribution >= 0.6 is 24.8 Å². The normalized spacial score (nSPS) is 16.1. The third-order valence-electron chi connectivity index (χ3n) is 4.93. The van der Waals surface area contributed by atoms with Gasteiger partial charge < -0.3 is 14.8 Å². The van der Waals surface area contributed by atoms with Gasteiger partial charge in [0.05, 0.1) is 17.8 Å². The number of aryl methyl sites for hydroxylation is 1. The highest BCUT2D eigenvalue weighted by Crippen LogP contribution is 2.23. The molecule has 7 heteroatoms. The summed E-state index contributed by atoms with van der Waals surface area (Å²) >= 11 is 0. The van der Waals surface area contributed by atoms with Gasteiger partial charge in [-0.05, 0) is 51.9 Å². The van der Waals surface area contributed by atoms with Gasteiger partial charge in [0.15, 0.2) is 0 Å². The number of pyridine rings is 1. The minimum atomic E-state index is 0. The molecule has 3 heterocycles. The zero-order valence-electron chi connectivity index (χ0n) is 15.6. The van der Waals surface area contributed by atoms with Crippen molar-refractivity contribution in [2.75, 3.05) is 20.1 Å². The van der Waals surface area contributed by atoms with Crippen LogP contribution in [0.4, 0.5) is 0 Å². The number of amides is 1. The van der Waals surface area contributed by atoms with Crippen molar-refractivity contribution >= 4 is 30.7 Å². The Morgan fingerprint density at radius 3 is 2.73 bits per heavy atom. The second-order valence-electron chi connectivity index (χ2n) is 6.54. The molecule has 26 heavy (non-hydrogen) atoms. The van der Waals surface area contributed by atoms with Crippen molar-refractivity contribution < 1.29 is 4.79 Å². The van der Waals surface area contributed by atoms with Gasteiger partial charge in [0.2, 0.25) is 0 Å². The second-order valence-corrected chi connectivity index (χ2v) is 6.54. The monoisotopic (exact) mass is 398 g/mol. The molecule has 1 aliphatic rings. The van der Waals surface area contributed by atoms with E-state index in [9.17, 15) is 4.79 Å². The van der Waals surface area contributed by atoms with E-state index in [0.29, 0.717) is 12.6 Å². The predicted molar refractivity (Wildman–Crippen MR) is 110 cm³/mol. The Balaban J connectivity index is 0.00000169. The molecule has 1 saturated heterocycles. The summed E-state index contributed by atoms with van der Waals surface area (Å²) in [5.74, 6) is 0.160. The van der Waals surface area contributed by atoms with Crippen LogP contribution in [-0.2, 0) is 6.54 Å². The fraction of sp³-hybridized carbons (Fsp3) is 0.474. The Bertz CT molecular complexity index is 718. The summed E-state index contributed by atoms with van der Waals surface area (Å²) < 4.78 is 2.18. The van der Waals surface area contributed by atoms with Crippen LogP contribution < -0.4 is 5.32 Å². The topological polar surface area (TPSA) is 50.2 Å². The number of aromatic nitrogens is 2. The molecule has 2 aromatic heterocycles. The first kappa shape index (κ1) is 22.5. The van der Waals surface area contributed by atoms with E-state index in [1.807, 2.05) is 49.3 Å². The van der Waals surface area contributed by atoms with E-state index in [1.165, 1.54) is 0 Å². The summed E-state index contributed by atoms with van der Waals surface area (Å²) in [6.07, 6.45) is 3.98. The highest BCUT2D eigenvalue weighted by atomic mass is 35.5. The standard InChI is InChI=1S/C19H26N4O.2ClH/c1-14-11-18(19(24)22-10-6-8-17(22)12-20-3)15(2)23(14)13-16-7-4-5-9-21-16;;/h4-5,7,9,11,17,20H,6,8,10,12-13H2,1-3H3;2*1H.